The highest BCUT2D eigenvalue weighted by Gasteiger charge is 1.98. The maximum absolute atomic E-state index is 8.81. The SMILES string of the molecule is CC=O.Cc1ccc(-c2cc(C)cc(C)c2)cc1. The van der Waals surface area contributed by atoms with Gasteiger partial charge in [0.05, 0.1) is 0 Å². The van der Waals surface area contributed by atoms with Crippen LogP contribution in [0.25, 0.3) is 11.1 Å². The molecule has 0 fully saturated rings. The molecule has 0 saturated carbocycles. The van der Waals surface area contributed by atoms with Crippen LogP contribution in [0.4, 0.5) is 0 Å². The molecular formula is C17H20O. The van der Waals surface area contributed by atoms with Gasteiger partial charge in [0.2, 0.25) is 0 Å². The minimum atomic E-state index is 0.750. The highest BCUT2D eigenvalue weighted by molar-refractivity contribution is 5.65. The third kappa shape index (κ3) is 4.17. The molecule has 18 heavy (non-hydrogen) atoms. The van der Waals surface area contributed by atoms with E-state index >= 15 is 0 Å². The second kappa shape index (κ2) is 6.75. The third-order valence-electron chi connectivity index (χ3n) is 2.61. The van der Waals surface area contributed by atoms with Gasteiger partial charge in [-0.2, -0.15) is 0 Å². The predicted octanol–water partition coefficient (Wildman–Crippen LogP) is 4.48. The molecule has 0 amide bonds. The van der Waals surface area contributed by atoms with Crippen molar-refractivity contribution in [2.75, 3.05) is 0 Å². The van der Waals surface area contributed by atoms with Crippen LogP contribution >= 0.6 is 0 Å². The first-order chi connectivity index (χ1) is 8.56. The summed E-state index contributed by atoms with van der Waals surface area (Å²) in [6, 6.07) is 15.4. The maximum Gasteiger partial charge on any atom is 0.116 e. The van der Waals surface area contributed by atoms with Gasteiger partial charge in [-0.25, -0.2) is 0 Å². The van der Waals surface area contributed by atoms with Gasteiger partial charge in [0, 0.05) is 0 Å². The summed E-state index contributed by atoms with van der Waals surface area (Å²) < 4.78 is 0. The molecule has 0 aliphatic carbocycles. The van der Waals surface area contributed by atoms with E-state index in [1.54, 1.807) is 0 Å². The highest BCUT2D eigenvalue weighted by Crippen LogP contribution is 2.22. The van der Waals surface area contributed by atoms with E-state index in [2.05, 4.69) is 63.2 Å². The summed E-state index contributed by atoms with van der Waals surface area (Å²) in [5.74, 6) is 0. The highest BCUT2D eigenvalue weighted by atomic mass is 16.1. The molecule has 0 N–H and O–H groups in total. The summed E-state index contributed by atoms with van der Waals surface area (Å²) in [6.07, 6.45) is 0.750. The van der Waals surface area contributed by atoms with Crippen molar-refractivity contribution in [3.8, 4) is 11.1 Å². The monoisotopic (exact) mass is 240 g/mol. The topological polar surface area (TPSA) is 17.1 Å². The van der Waals surface area contributed by atoms with E-state index in [0.29, 0.717) is 0 Å². The smallest absolute Gasteiger partial charge is 0.116 e. The molecule has 2 aromatic rings. The lowest BCUT2D eigenvalue weighted by molar-refractivity contribution is -0.106. The van der Waals surface area contributed by atoms with Gasteiger partial charge in [0.1, 0.15) is 6.29 Å². The van der Waals surface area contributed by atoms with E-state index in [0.717, 1.165) is 6.29 Å². The van der Waals surface area contributed by atoms with Crippen LogP contribution in [0.5, 0.6) is 0 Å². The van der Waals surface area contributed by atoms with Crippen LogP contribution in [0.2, 0.25) is 0 Å². The summed E-state index contributed by atoms with van der Waals surface area (Å²) in [7, 11) is 0. The van der Waals surface area contributed by atoms with Gasteiger partial charge in [-0.15, -0.1) is 0 Å². The van der Waals surface area contributed by atoms with E-state index in [1.807, 2.05) is 0 Å². The zero-order chi connectivity index (χ0) is 13.5. The molecule has 0 atom stereocenters. The number of aryl methyl sites for hydroxylation is 3. The number of carbonyl (C=O) groups excluding carboxylic acids is 1. The van der Waals surface area contributed by atoms with Gasteiger partial charge in [-0.1, -0.05) is 59.2 Å². The van der Waals surface area contributed by atoms with Crippen LogP contribution in [0.3, 0.4) is 0 Å². The van der Waals surface area contributed by atoms with Gasteiger partial charge >= 0.3 is 0 Å². The Kier molecular flexibility index (Phi) is 5.31. The van der Waals surface area contributed by atoms with Crippen LogP contribution in [0.15, 0.2) is 42.5 Å². The molecule has 0 saturated heterocycles. The molecule has 2 aromatic carbocycles. The molecule has 0 aliphatic rings. The van der Waals surface area contributed by atoms with Crippen molar-refractivity contribution in [3.63, 3.8) is 0 Å². The van der Waals surface area contributed by atoms with Gasteiger partial charge in [0.15, 0.2) is 0 Å². The molecular weight excluding hydrogens is 220 g/mol. The zero-order valence-corrected chi connectivity index (χ0v) is 11.5. The van der Waals surface area contributed by atoms with Gasteiger partial charge in [-0.05, 0) is 38.8 Å². The Morgan fingerprint density at radius 2 is 1.17 bits per heavy atom. The molecule has 0 aliphatic heterocycles. The summed E-state index contributed by atoms with van der Waals surface area (Å²) in [5.41, 5.74) is 6.57. The van der Waals surface area contributed by atoms with Crippen LogP contribution in [-0.2, 0) is 4.79 Å². The standard InChI is InChI=1S/C15H16.C2H4O/c1-11-4-6-14(7-5-11)15-9-12(2)8-13(3)10-15;1-2-3/h4-10H,1-3H3;2H,1H3. The Hall–Kier alpha value is -1.89. The fourth-order valence-electron chi connectivity index (χ4n) is 1.89. The van der Waals surface area contributed by atoms with Crippen molar-refractivity contribution in [1.29, 1.82) is 0 Å². The van der Waals surface area contributed by atoms with Crippen LogP contribution in [-0.4, -0.2) is 6.29 Å². The molecule has 2 rings (SSSR count). The van der Waals surface area contributed by atoms with Crippen molar-refractivity contribution in [2.45, 2.75) is 27.7 Å². The molecule has 0 heterocycles. The van der Waals surface area contributed by atoms with Crippen molar-refractivity contribution >= 4 is 6.29 Å². The Labute approximate surface area is 109 Å². The minimum absolute atomic E-state index is 0.750. The maximum atomic E-state index is 8.81. The van der Waals surface area contributed by atoms with Crippen molar-refractivity contribution < 1.29 is 4.79 Å². The van der Waals surface area contributed by atoms with E-state index in [4.69, 9.17) is 4.79 Å². The number of hydrogen-bond acceptors (Lipinski definition) is 1. The fourth-order valence-corrected chi connectivity index (χ4v) is 1.89. The van der Waals surface area contributed by atoms with Crippen molar-refractivity contribution in [3.05, 3.63) is 59.2 Å². The first-order valence-corrected chi connectivity index (χ1v) is 6.12. The normalized spacial score (nSPS) is 9.33. The van der Waals surface area contributed by atoms with Crippen molar-refractivity contribution in [2.24, 2.45) is 0 Å². The third-order valence-corrected chi connectivity index (χ3v) is 2.61. The van der Waals surface area contributed by atoms with Crippen LogP contribution in [0, 0.1) is 20.8 Å². The summed E-state index contributed by atoms with van der Waals surface area (Å²) in [6.45, 7) is 7.85. The number of benzene rings is 2. The van der Waals surface area contributed by atoms with Crippen LogP contribution < -0.4 is 0 Å². The molecule has 0 unspecified atom stereocenters. The van der Waals surface area contributed by atoms with E-state index < -0.39 is 0 Å². The van der Waals surface area contributed by atoms with Gasteiger partial charge < -0.3 is 4.79 Å². The van der Waals surface area contributed by atoms with E-state index in [-0.39, 0.29) is 0 Å². The average molecular weight is 240 g/mol. The fraction of sp³-hybridized carbons (Fsp3) is 0.235. The lowest BCUT2D eigenvalue weighted by atomic mass is 10.00. The molecule has 94 valence electrons. The van der Waals surface area contributed by atoms with Gasteiger partial charge in [0.25, 0.3) is 0 Å². The van der Waals surface area contributed by atoms with E-state index in [9.17, 15) is 0 Å². The minimum Gasteiger partial charge on any atom is -0.304 e. The molecule has 1 heteroatoms. The van der Waals surface area contributed by atoms with E-state index in [1.165, 1.54) is 34.7 Å². The Balaban J connectivity index is 0.000000492. The zero-order valence-electron chi connectivity index (χ0n) is 11.5. The quantitative estimate of drug-likeness (QED) is 0.671. The summed E-state index contributed by atoms with van der Waals surface area (Å²) in [5, 5.41) is 0. The summed E-state index contributed by atoms with van der Waals surface area (Å²) in [4.78, 5) is 8.81. The predicted molar refractivity (Wildman–Crippen MR) is 77.8 cm³/mol. The molecule has 0 bridgehead atoms. The average Bonchev–Trinajstić information content (AvgIpc) is 2.29. The molecule has 1 nitrogen and oxygen atoms in total. The van der Waals surface area contributed by atoms with Crippen molar-refractivity contribution in [1.82, 2.24) is 0 Å². The Morgan fingerprint density at radius 3 is 1.61 bits per heavy atom. The Bertz CT molecular complexity index is 489. The number of hydrogen-bond donors (Lipinski definition) is 0. The number of carbonyl (C=O) groups is 1. The number of rotatable bonds is 1. The van der Waals surface area contributed by atoms with Gasteiger partial charge in [-0.3, -0.25) is 0 Å². The molecule has 0 spiro atoms. The van der Waals surface area contributed by atoms with Crippen LogP contribution in [0.1, 0.15) is 23.6 Å². The first kappa shape index (κ1) is 14.2. The second-order valence-corrected chi connectivity index (χ2v) is 4.48. The lowest BCUT2D eigenvalue weighted by Crippen LogP contribution is -1.82. The second-order valence-electron chi connectivity index (χ2n) is 4.48. The molecule has 0 aromatic heterocycles. The summed E-state index contributed by atoms with van der Waals surface area (Å²) >= 11 is 0. The number of aldehydes is 1. The first-order valence-electron chi connectivity index (χ1n) is 6.12. The molecule has 0 radical (unpaired) electrons. The lowest BCUT2D eigenvalue weighted by Gasteiger charge is -2.05. The Morgan fingerprint density at radius 1 is 0.722 bits per heavy atom. The largest absolute Gasteiger partial charge is 0.304 e.